The average Bonchev–Trinajstić information content (AvgIpc) is 3.58. The number of fused-ring (bicyclic) bond motifs is 7. The molecule has 0 saturated heterocycles. The lowest BCUT2D eigenvalue weighted by Gasteiger charge is -2.45. The maximum atomic E-state index is 2.56. The van der Waals surface area contributed by atoms with Gasteiger partial charge in [-0.15, -0.1) is 11.3 Å². The molecule has 8 aromatic rings. The van der Waals surface area contributed by atoms with Gasteiger partial charge in [-0.2, -0.15) is 0 Å². The minimum atomic E-state index is -0.0103. The van der Waals surface area contributed by atoms with Crippen molar-refractivity contribution in [2.75, 3.05) is 9.80 Å². The van der Waals surface area contributed by atoms with Crippen LogP contribution in [-0.4, -0.2) is 6.71 Å². The molecule has 0 aliphatic carbocycles. The molecule has 0 radical (unpaired) electrons. The second kappa shape index (κ2) is 13.0. The second-order valence-corrected chi connectivity index (χ2v) is 20.5. The van der Waals surface area contributed by atoms with Gasteiger partial charge in [-0.25, -0.2) is 0 Å². The third-order valence-corrected chi connectivity index (χ3v) is 13.8. The predicted octanol–water partition coefficient (Wildman–Crippen LogP) is 13.7. The van der Waals surface area contributed by atoms with Gasteiger partial charge in [0.05, 0.1) is 0 Å². The van der Waals surface area contributed by atoms with Gasteiger partial charge in [-0.3, -0.25) is 0 Å². The first-order valence-corrected chi connectivity index (χ1v) is 21.6. The molecule has 2 nitrogen and oxygen atoms in total. The van der Waals surface area contributed by atoms with E-state index in [0.717, 1.165) is 0 Å². The molecular formula is C54H51BN2S. The molecular weight excluding hydrogens is 719 g/mol. The van der Waals surface area contributed by atoms with Crippen molar-refractivity contribution in [3.05, 3.63) is 162 Å². The number of hydrogen-bond acceptors (Lipinski definition) is 3. The van der Waals surface area contributed by atoms with Gasteiger partial charge >= 0.3 is 0 Å². The molecule has 0 unspecified atom stereocenters. The lowest BCUT2D eigenvalue weighted by molar-refractivity contribution is 0.590. The molecule has 1 aromatic heterocycles. The molecule has 3 heterocycles. The highest BCUT2D eigenvalue weighted by Gasteiger charge is 2.44. The number of benzene rings is 7. The summed E-state index contributed by atoms with van der Waals surface area (Å²) in [6, 6.07) is 55.7. The van der Waals surface area contributed by atoms with Crippen molar-refractivity contribution in [1.29, 1.82) is 0 Å². The van der Waals surface area contributed by atoms with Crippen molar-refractivity contribution < 1.29 is 0 Å². The van der Waals surface area contributed by atoms with Gasteiger partial charge in [0.2, 0.25) is 0 Å². The highest BCUT2D eigenvalue weighted by Crippen LogP contribution is 2.47. The number of thiophene rings is 1. The summed E-state index contributed by atoms with van der Waals surface area (Å²) in [5.74, 6) is 0. The van der Waals surface area contributed by atoms with Crippen molar-refractivity contribution in [3.8, 4) is 11.1 Å². The standard InChI is InChI=1S/C54H51BN2S/c1-52(2,3)35-23-27-38(28-24-35)56-45-20-14-21-46-50(45)55(43-29-25-36(32-47(43)56)53(4,5)6)44-30-26-37(54(7,8)9)33-48(44)57(46)39-16-12-15-34(31-39)40-18-13-19-42-41-17-10-11-22-49(41)58-51(40)42/h10-33H,1-9H3. The molecule has 10 rings (SSSR count). The summed E-state index contributed by atoms with van der Waals surface area (Å²) in [4.78, 5) is 5.10. The van der Waals surface area contributed by atoms with Gasteiger partial charge in [-0.1, -0.05) is 153 Å². The number of anilines is 6. The zero-order valence-corrected chi connectivity index (χ0v) is 36.1. The Morgan fingerprint density at radius 1 is 0.431 bits per heavy atom. The summed E-state index contributed by atoms with van der Waals surface area (Å²) in [5.41, 5.74) is 18.0. The van der Waals surface area contributed by atoms with Crippen LogP contribution in [0.25, 0.3) is 31.3 Å². The molecule has 0 amide bonds. The van der Waals surface area contributed by atoms with Crippen LogP contribution in [-0.2, 0) is 16.2 Å². The molecule has 0 N–H and O–H groups in total. The molecule has 286 valence electrons. The van der Waals surface area contributed by atoms with Crippen molar-refractivity contribution in [2.45, 2.75) is 78.6 Å². The Morgan fingerprint density at radius 3 is 1.59 bits per heavy atom. The van der Waals surface area contributed by atoms with Crippen LogP contribution in [0.2, 0.25) is 0 Å². The lowest BCUT2D eigenvalue weighted by atomic mass is 9.33. The van der Waals surface area contributed by atoms with Crippen LogP contribution >= 0.6 is 11.3 Å². The zero-order chi connectivity index (χ0) is 40.3. The molecule has 0 bridgehead atoms. The molecule has 0 atom stereocenters. The fourth-order valence-electron chi connectivity index (χ4n) is 9.31. The second-order valence-electron chi connectivity index (χ2n) is 19.5. The largest absolute Gasteiger partial charge is 0.311 e. The van der Waals surface area contributed by atoms with Crippen molar-refractivity contribution in [1.82, 2.24) is 0 Å². The van der Waals surface area contributed by atoms with E-state index in [1.54, 1.807) is 0 Å². The van der Waals surface area contributed by atoms with E-state index in [1.807, 2.05) is 11.3 Å². The zero-order valence-electron chi connectivity index (χ0n) is 35.2. The molecule has 0 spiro atoms. The van der Waals surface area contributed by atoms with Gasteiger partial charge in [-0.05, 0) is 115 Å². The Morgan fingerprint density at radius 2 is 0.966 bits per heavy atom. The number of hydrogen-bond donors (Lipinski definition) is 0. The van der Waals surface area contributed by atoms with Crippen LogP contribution in [0.15, 0.2) is 146 Å². The van der Waals surface area contributed by atoms with Crippen LogP contribution in [0, 0.1) is 0 Å². The first-order valence-electron chi connectivity index (χ1n) is 20.8. The molecule has 0 fully saturated rings. The third-order valence-electron chi connectivity index (χ3n) is 12.5. The topological polar surface area (TPSA) is 6.48 Å². The third kappa shape index (κ3) is 5.82. The van der Waals surface area contributed by atoms with Gasteiger partial charge in [0, 0.05) is 54.3 Å². The molecule has 4 heteroatoms. The Hall–Kier alpha value is -5.58. The first kappa shape index (κ1) is 36.7. The quantitative estimate of drug-likeness (QED) is 0.165. The van der Waals surface area contributed by atoms with Crippen LogP contribution in [0.4, 0.5) is 34.1 Å². The van der Waals surface area contributed by atoms with E-state index >= 15 is 0 Å². The summed E-state index contributed by atoms with van der Waals surface area (Å²) in [6.07, 6.45) is 0. The maximum absolute atomic E-state index is 2.56. The summed E-state index contributed by atoms with van der Waals surface area (Å²) in [5, 5.41) is 2.65. The van der Waals surface area contributed by atoms with E-state index < -0.39 is 0 Å². The van der Waals surface area contributed by atoms with Gasteiger partial charge in [0.1, 0.15) is 0 Å². The minimum Gasteiger partial charge on any atom is -0.311 e. The Balaban J connectivity index is 1.22. The van der Waals surface area contributed by atoms with Crippen molar-refractivity contribution in [2.24, 2.45) is 0 Å². The van der Waals surface area contributed by atoms with E-state index in [-0.39, 0.29) is 23.0 Å². The van der Waals surface area contributed by atoms with Crippen LogP contribution in [0.1, 0.15) is 79.0 Å². The average molecular weight is 771 g/mol. The highest BCUT2D eigenvalue weighted by molar-refractivity contribution is 7.26. The van der Waals surface area contributed by atoms with E-state index in [1.165, 1.54) is 98.5 Å². The van der Waals surface area contributed by atoms with Crippen LogP contribution < -0.4 is 26.2 Å². The molecule has 7 aromatic carbocycles. The van der Waals surface area contributed by atoms with Gasteiger partial charge < -0.3 is 9.80 Å². The van der Waals surface area contributed by atoms with E-state index in [0.29, 0.717) is 0 Å². The number of nitrogens with zero attached hydrogens (tertiary/aromatic N) is 2. The SMILES string of the molecule is CC(C)(C)c1ccc(N2c3cc(C(C)(C)C)ccc3B3c4ccc(C(C)(C)C)cc4N(c4cccc(-c5cccc6c5sc5ccccc56)c4)c4cccc2c43)cc1. The monoisotopic (exact) mass is 770 g/mol. The fraction of sp³-hybridized carbons (Fsp3) is 0.222. The number of rotatable bonds is 3. The molecule has 2 aliphatic rings. The molecule has 2 aliphatic heterocycles. The van der Waals surface area contributed by atoms with Gasteiger partial charge in [0.25, 0.3) is 6.71 Å². The van der Waals surface area contributed by atoms with Gasteiger partial charge in [0.15, 0.2) is 0 Å². The predicted molar refractivity (Wildman–Crippen MR) is 255 cm³/mol. The highest BCUT2D eigenvalue weighted by atomic mass is 32.1. The maximum Gasteiger partial charge on any atom is 0.252 e. The van der Waals surface area contributed by atoms with Crippen LogP contribution in [0.5, 0.6) is 0 Å². The molecule has 58 heavy (non-hydrogen) atoms. The van der Waals surface area contributed by atoms with Crippen molar-refractivity contribution >= 4 is 88.7 Å². The smallest absolute Gasteiger partial charge is 0.252 e. The molecule has 0 saturated carbocycles. The van der Waals surface area contributed by atoms with Crippen LogP contribution in [0.3, 0.4) is 0 Å². The summed E-state index contributed by atoms with van der Waals surface area (Å²) < 4.78 is 2.67. The summed E-state index contributed by atoms with van der Waals surface area (Å²) in [6.45, 7) is 20.9. The summed E-state index contributed by atoms with van der Waals surface area (Å²) in [7, 11) is 0. The Kier molecular flexibility index (Phi) is 8.21. The fourth-order valence-corrected chi connectivity index (χ4v) is 10.6. The van der Waals surface area contributed by atoms with E-state index in [4.69, 9.17) is 0 Å². The Bertz CT molecular complexity index is 2920. The van der Waals surface area contributed by atoms with E-state index in [9.17, 15) is 0 Å². The minimum absolute atomic E-state index is 0.00693. The van der Waals surface area contributed by atoms with E-state index in [2.05, 4.69) is 218 Å². The lowest BCUT2D eigenvalue weighted by Crippen LogP contribution is -2.61. The Labute approximate surface area is 348 Å². The van der Waals surface area contributed by atoms with Crippen molar-refractivity contribution in [3.63, 3.8) is 0 Å². The normalized spacial score (nSPS) is 13.8. The summed E-state index contributed by atoms with van der Waals surface area (Å²) >= 11 is 1.90. The first-order chi connectivity index (χ1) is 27.7.